The van der Waals surface area contributed by atoms with Crippen LogP contribution in [0.3, 0.4) is 0 Å². The molecule has 0 amide bonds. The third-order valence-electron chi connectivity index (χ3n) is 2.50. The first-order valence-electron chi connectivity index (χ1n) is 6.18. The SMILES string of the molecule is CCC(CNC(C)(C)C)Oc1ccc(F)cc1F. The maximum absolute atomic E-state index is 13.4. The van der Waals surface area contributed by atoms with E-state index in [0.717, 1.165) is 12.5 Å². The van der Waals surface area contributed by atoms with Crippen LogP contribution in [0, 0.1) is 11.6 Å². The number of hydrogen-bond donors (Lipinski definition) is 1. The summed E-state index contributed by atoms with van der Waals surface area (Å²) in [5.41, 5.74) is -0.0158. The molecule has 0 aliphatic rings. The van der Waals surface area contributed by atoms with Gasteiger partial charge in [0.1, 0.15) is 11.9 Å². The average molecular weight is 257 g/mol. The van der Waals surface area contributed by atoms with E-state index in [9.17, 15) is 8.78 Å². The van der Waals surface area contributed by atoms with Gasteiger partial charge in [-0.3, -0.25) is 0 Å². The van der Waals surface area contributed by atoms with Gasteiger partial charge in [0, 0.05) is 18.2 Å². The van der Waals surface area contributed by atoms with Gasteiger partial charge in [0.25, 0.3) is 0 Å². The molecule has 102 valence electrons. The van der Waals surface area contributed by atoms with Gasteiger partial charge in [-0.1, -0.05) is 6.92 Å². The van der Waals surface area contributed by atoms with E-state index in [-0.39, 0.29) is 17.4 Å². The van der Waals surface area contributed by atoms with Crippen LogP contribution in [0.5, 0.6) is 5.75 Å². The standard InChI is InChI=1S/C14H21F2NO/c1-5-11(9-17-14(2,3)4)18-13-7-6-10(15)8-12(13)16/h6-8,11,17H,5,9H2,1-4H3. The number of benzene rings is 1. The molecule has 0 fully saturated rings. The van der Waals surface area contributed by atoms with E-state index in [1.165, 1.54) is 12.1 Å². The second-order valence-corrected chi connectivity index (χ2v) is 5.35. The summed E-state index contributed by atoms with van der Waals surface area (Å²) < 4.78 is 31.7. The molecule has 0 saturated heterocycles. The van der Waals surface area contributed by atoms with Crippen LogP contribution in [0.1, 0.15) is 34.1 Å². The van der Waals surface area contributed by atoms with Gasteiger partial charge in [-0.15, -0.1) is 0 Å². The summed E-state index contributed by atoms with van der Waals surface area (Å²) in [6, 6.07) is 3.35. The summed E-state index contributed by atoms with van der Waals surface area (Å²) in [5, 5.41) is 3.30. The smallest absolute Gasteiger partial charge is 0.167 e. The number of rotatable bonds is 5. The molecule has 2 nitrogen and oxygen atoms in total. The van der Waals surface area contributed by atoms with E-state index in [1.807, 2.05) is 6.92 Å². The van der Waals surface area contributed by atoms with Crippen LogP contribution < -0.4 is 10.1 Å². The second-order valence-electron chi connectivity index (χ2n) is 5.35. The zero-order chi connectivity index (χ0) is 13.8. The Labute approximate surface area is 107 Å². The van der Waals surface area contributed by atoms with E-state index in [0.29, 0.717) is 6.54 Å². The van der Waals surface area contributed by atoms with Crippen LogP contribution in [0.15, 0.2) is 18.2 Å². The fraction of sp³-hybridized carbons (Fsp3) is 0.571. The van der Waals surface area contributed by atoms with Crippen LogP contribution in [-0.2, 0) is 0 Å². The molecule has 0 bridgehead atoms. The Morgan fingerprint density at radius 2 is 1.94 bits per heavy atom. The van der Waals surface area contributed by atoms with E-state index >= 15 is 0 Å². The van der Waals surface area contributed by atoms with Crippen molar-refractivity contribution in [2.24, 2.45) is 0 Å². The topological polar surface area (TPSA) is 21.3 Å². The van der Waals surface area contributed by atoms with Crippen molar-refractivity contribution >= 4 is 0 Å². The van der Waals surface area contributed by atoms with Crippen LogP contribution in [0.2, 0.25) is 0 Å². The van der Waals surface area contributed by atoms with Crippen molar-refractivity contribution in [3.05, 3.63) is 29.8 Å². The summed E-state index contributed by atoms with van der Waals surface area (Å²) in [4.78, 5) is 0. The Balaban J connectivity index is 2.62. The van der Waals surface area contributed by atoms with E-state index in [4.69, 9.17) is 4.74 Å². The number of hydrogen-bond acceptors (Lipinski definition) is 2. The Kier molecular flexibility index (Phi) is 5.08. The largest absolute Gasteiger partial charge is 0.486 e. The van der Waals surface area contributed by atoms with Crippen molar-refractivity contribution in [1.29, 1.82) is 0 Å². The lowest BCUT2D eigenvalue weighted by molar-refractivity contribution is 0.174. The Morgan fingerprint density at radius 3 is 2.44 bits per heavy atom. The highest BCUT2D eigenvalue weighted by Gasteiger charge is 2.15. The van der Waals surface area contributed by atoms with E-state index < -0.39 is 11.6 Å². The minimum Gasteiger partial charge on any atom is -0.486 e. The van der Waals surface area contributed by atoms with Gasteiger partial charge in [-0.25, -0.2) is 8.78 Å². The Hall–Kier alpha value is -1.16. The normalized spacial score (nSPS) is 13.4. The molecule has 1 aromatic carbocycles. The van der Waals surface area contributed by atoms with Gasteiger partial charge in [0.15, 0.2) is 11.6 Å². The molecule has 0 spiro atoms. The predicted octanol–water partition coefficient (Wildman–Crippen LogP) is 3.51. The van der Waals surface area contributed by atoms with Gasteiger partial charge in [-0.05, 0) is 39.3 Å². The first-order chi connectivity index (χ1) is 8.31. The Bertz CT molecular complexity index is 388. The predicted molar refractivity (Wildman–Crippen MR) is 68.8 cm³/mol. The highest BCUT2D eigenvalue weighted by molar-refractivity contribution is 5.24. The number of halogens is 2. The lowest BCUT2D eigenvalue weighted by Gasteiger charge is -2.25. The van der Waals surface area contributed by atoms with Crippen molar-refractivity contribution in [3.8, 4) is 5.75 Å². The van der Waals surface area contributed by atoms with Crippen molar-refractivity contribution in [1.82, 2.24) is 5.32 Å². The zero-order valence-electron chi connectivity index (χ0n) is 11.4. The molecule has 1 aromatic rings. The summed E-state index contributed by atoms with van der Waals surface area (Å²) in [6.45, 7) is 8.75. The summed E-state index contributed by atoms with van der Waals surface area (Å²) in [6.07, 6.45) is 0.615. The van der Waals surface area contributed by atoms with E-state index in [2.05, 4.69) is 26.1 Å². The highest BCUT2D eigenvalue weighted by atomic mass is 19.1. The van der Waals surface area contributed by atoms with Crippen LogP contribution >= 0.6 is 0 Å². The third-order valence-corrected chi connectivity index (χ3v) is 2.50. The molecule has 0 heterocycles. The maximum Gasteiger partial charge on any atom is 0.167 e. The van der Waals surface area contributed by atoms with Gasteiger partial charge in [0.05, 0.1) is 0 Å². The summed E-state index contributed by atoms with van der Waals surface area (Å²) >= 11 is 0. The van der Waals surface area contributed by atoms with Crippen molar-refractivity contribution in [3.63, 3.8) is 0 Å². The highest BCUT2D eigenvalue weighted by Crippen LogP contribution is 2.19. The number of ether oxygens (including phenoxy) is 1. The second kappa shape index (κ2) is 6.14. The molecule has 4 heteroatoms. The van der Waals surface area contributed by atoms with Gasteiger partial charge in [0.2, 0.25) is 0 Å². The molecular formula is C14H21F2NO. The van der Waals surface area contributed by atoms with Gasteiger partial charge >= 0.3 is 0 Å². The van der Waals surface area contributed by atoms with Crippen molar-refractivity contribution < 1.29 is 13.5 Å². The first-order valence-corrected chi connectivity index (χ1v) is 6.18. The first kappa shape index (κ1) is 14.9. The maximum atomic E-state index is 13.4. The minimum atomic E-state index is -0.663. The molecule has 1 unspecified atom stereocenters. The van der Waals surface area contributed by atoms with Crippen LogP contribution in [-0.4, -0.2) is 18.2 Å². The van der Waals surface area contributed by atoms with Gasteiger partial charge < -0.3 is 10.1 Å². The van der Waals surface area contributed by atoms with Crippen LogP contribution in [0.25, 0.3) is 0 Å². The third kappa shape index (κ3) is 5.00. The fourth-order valence-electron chi connectivity index (χ4n) is 1.44. The monoisotopic (exact) mass is 257 g/mol. The molecule has 1 N–H and O–H groups in total. The molecule has 1 atom stereocenters. The fourth-order valence-corrected chi connectivity index (χ4v) is 1.44. The molecule has 0 saturated carbocycles. The number of nitrogens with one attached hydrogen (secondary N) is 1. The van der Waals surface area contributed by atoms with Crippen LogP contribution in [0.4, 0.5) is 8.78 Å². The molecule has 0 aliphatic heterocycles. The van der Waals surface area contributed by atoms with Crippen molar-refractivity contribution in [2.75, 3.05) is 6.54 Å². The lowest BCUT2D eigenvalue weighted by atomic mass is 10.1. The zero-order valence-corrected chi connectivity index (χ0v) is 11.4. The van der Waals surface area contributed by atoms with Crippen molar-refractivity contribution in [2.45, 2.75) is 45.8 Å². The minimum absolute atomic E-state index is 0.0158. The molecule has 0 radical (unpaired) electrons. The molecule has 1 rings (SSSR count). The average Bonchev–Trinajstić information content (AvgIpc) is 2.25. The molecule has 0 aliphatic carbocycles. The summed E-state index contributed by atoms with van der Waals surface area (Å²) in [7, 11) is 0. The molecular weight excluding hydrogens is 236 g/mol. The quantitative estimate of drug-likeness (QED) is 0.871. The molecule has 0 aromatic heterocycles. The van der Waals surface area contributed by atoms with Gasteiger partial charge in [-0.2, -0.15) is 0 Å². The molecule has 18 heavy (non-hydrogen) atoms. The Morgan fingerprint density at radius 1 is 1.28 bits per heavy atom. The summed E-state index contributed by atoms with van der Waals surface area (Å²) in [5.74, 6) is -1.16. The van der Waals surface area contributed by atoms with E-state index in [1.54, 1.807) is 0 Å². The lowest BCUT2D eigenvalue weighted by Crippen LogP contribution is -2.42.